The zero-order valence-corrected chi connectivity index (χ0v) is 18.3. The molecule has 4 aromatic carbocycles. The molecule has 2 aromatic heterocycles. The van der Waals surface area contributed by atoms with Crippen molar-refractivity contribution in [1.82, 2.24) is 4.57 Å². The Morgan fingerprint density at radius 3 is 2.34 bits per heavy atom. The Morgan fingerprint density at radius 1 is 0.656 bits per heavy atom. The fraction of sp³-hybridized carbons (Fsp3) is 0.0667. The minimum Gasteiger partial charge on any atom is -0.333 e. The molecule has 1 aliphatic carbocycles. The average molecular weight is 428 g/mol. The van der Waals surface area contributed by atoms with Gasteiger partial charge in [0.2, 0.25) is 0 Å². The van der Waals surface area contributed by atoms with E-state index in [2.05, 4.69) is 114 Å². The second kappa shape index (κ2) is 6.94. The molecule has 1 unspecified atom stereocenters. The molecule has 2 heterocycles. The first-order chi connectivity index (χ1) is 15.9. The molecule has 1 atom stereocenters. The molecule has 7 rings (SSSR count). The van der Waals surface area contributed by atoms with Crippen LogP contribution in [0.1, 0.15) is 18.0 Å². The van der Waals surface area contributed by atoms with Gasteiger partial charge in [0.15, 0.2) is 0 Å². The molecule has 0 N–H and O–H groups in total. The number of allylic oxidation sites excluding steroid dienone is 4. The average Bonchev–Trinajstić information content (AvgIpc) is 3.38. The van der Waals surface area contributed by atoms with Crippen molar-refractivity contribution in [3.05, 3.63) is 115 Å². The van der Waals surface area contributed by atoms with Gasteiger partial charge in [0.25, 0.3) is 0 Å². The molecule has 32 heavy (non-hydrogen) atoms. The smallest absolute Gasteiger partial charge is 0.0566 e. The Labute approximate surface area is 190 Å². The number of nitrogens with zero attached hydrogens (tertiary/aromatic N) is 1. The molecule has 6 aromatic rings. The summed E-state index contributed by atoms with van der Waals surface area (Å²) in [6.07, 6.45) is 8.04. The molecular weight excluding hydrogens is 406 g/mol. The van der Waals surface area contributed by atoms with Crippen LogP contribution >= 0.6 is 11.3 Å². The van der Waals surface area contributed by atoms with E-state index < -0.39 is 0 Å². The lowest BCUT2D eigenvalue weighted by molar-refractivity contribution is 0.650. The lowest BCUT2D eigenvalue weighted by Gasteiger charge is -2.21. The van der Waals surface area contributed by atoms with E-state index in [1.165, 1.54) is 53.1 Å². The number of thiophene rings is 1. The van der Waals surface area contributed by atoms with Crippen LogP contribution in [0.3, 0.4) is 0 Å². The second-order valence-corrected chi connectivity index (χ2v) is 9.63. The van der Waals surface area contributed by atoms with Crippen molar-refractivity contribution in [3.8, 4) is 0 Å². The summed E-state index contributed by atoms with van der Waals surface area (Å²) in [5, 5.41) is 5.41. The molecular formula is C30H21NS. The van der Waals surface area contributed by atoms with Gasteiger partial charge in [-0.25, -0.2) is 0 Å². The van der Waals surface area contributed by atoms with Gasteiger partial charge >= 0.3 is 0 Å². The van der Waals surface area contributed by atoms with E-state index in [1.54, 1.807) is 0 Å². The zero-order valence-electron chi connectivity index (χ0n) is 17.5. The molecule has 0 saturated carbocycles. The van der Waals surface area contributed by atoms with Gasteiger partial charge in [0.05, 0.1) is 11.6 Å². The van der Waals surface area contributed by atoms with Crippen molar-refractivity contribution in [2.24, 2.45) is 0 Å². The molecule has 0 fully saturated rings. The van der Waals surface area contributed by atoms with E-state index in [9.17, 15) is 0 Å². The summed E-state index contributed by atoms with van der Waals surface area (Å²) in [4.78, 5) is 0. The molecule has 0 radical (unpaired) electrons. The summed E-state index contributed by atoms with van der Waals surface area (Å²) in [5.74, 6) is 0. The highest BCUT2D eigenvalue weighted by atomic mass is 32.1. The number of aromatic nitrogens is 1. The van der Waals surface area contributed by atoms with Crippen LogP contribution in [0.2, 0.25) is 0 Å². The lowest BCUT2D eigenvalue weighted by Crippen LogP contribution is -2.08. The van der Waals surface area contributed by atoms with E-state index in [4.69, 9.17) is 0 Å². The highest BCUT2D eigenvalue weighted by Gasteiger charge is 2.20. The Bertz CT molecular complexity index is 1700. The maximum absolute atomic E-state index is 2.56. The van der Waals surface area contributed by atoms with E-state index in [0.29, 0.717) is 6.04 Å². The summed E-state index contributed by atoms with van der Waals surface area (Å²) in [5.41, 5.74) is 5.22. The Hall–Kier alpha value is -3.62. The first-order valence-electron chi connectivity index (χ1n) is 11.1. The third-order valence-corrected chi connectivity index (χ3v) is 7.83. The summed E-state index contributed by atoms with van der Waals surface area (Å²) < 4.78 is 5.28. The first-order valence-corrected chi connectivity index (χ1v) is 12.0. The quantitative estimate of drug-likeness (QED) is 0.260. The first kappa shape index (κ1) is 18.0. The van der Waals surface area contributed by atoms with E-state index >= 15 is 0 Å². The molecule has 0 amide bonds. The second-order valence-electron chi connectivity index (χ2n) is 8.54. The minimum absolute atomic E-state index is 0.296. The van der Waals surface area contributed by atoms with E-state index in [-0.39, 0.29) is 0 Å². The van der Waals surface area contributed by atoms with Crippen LogP contribution in [0.5, 0.6) is 0 Å². The van der Waals surface area contributed by atoms with Crippen molar-refractivity contribution in [2.75, 3.05) is 0 Å². The molecule has 0 bridgehead atoms. The van der Waals surface area contributed by atoms with Crippen LogP contribution in [0.25, 0.3) is 47.6 Å². The van der Waals surface area contributed by atoms with Crippen molar-refractivity contribution in [2.45, 2.75) is 12.5 Å². The topological polar surface area (TPSA) is 4.93 Å². The van der Waals surface area contributed by atoms with Crippen molar-refractivity contribution < 1.29 is 0 Å². The van der Waals surface area contributed by atoms with E-state index in [0.717, 1.165) is 6.42 Å². The highest BCUT2D eigenvalue weighted by molar-refractivity contribution is 7.25. The number of hydrogen-bond donors (Lipinski definition) is 0. The summed E-state index contributed by atoms with van der Waals surface area (Å²) in [7, 11) is 0. The number of hydrogen-bond acceptors (Lipinski definition) is 1. The van der Waals surface area contributed by atoms with Crippen LogP contribution < -0.4 is 0 Å². The normalized spacial score (nSPS) is 16.4. The third-order valence-electron chi connectivity index (χ3n) is 6.69. The van der Waals surface area contributed by atoms with Crippen molar-refractivity contribution in [1.29, 1.82) is 0 Å². The van der Waals surface area contributed by atoms with Crippen LogP contribution in [-0.2, 0) is 0 Å². The molecule has 1 nitrogen and oxygen atoms in total. The van der Waals surface area contributed by atoms with Gasteiger partial charge in [-0.1, -0.05) is 85.0 Å². The van der Waals surface area contributed by atoms with Gasteiger partial charge in [-0.3, -0.25) is 0 Å². The standard InChI is InChI=1S/C30H21NS/c1-2-9-20(10-3-1)21-11-8-12-22(17-21)31-27-15-6-4-13-23(27)25-18-26-24-14-5-7-16-29(24)32-30(26)19-28(25)31/h1-11,13-19,22H,12H2. The number of rotatable bonds is 2. The van der Waals surface area contributed by atoms with Gasteiger partial charge in [-0.2, -0.15) is 0 Å². The summed E-state index contributed by atoms with van der Waals surface area (Å²) >= 11 is 1.90. The maximum atomic E-state index is 2.56. The molecule has 1 aliphatic rings. The predicted molar refractivity (Wildman–Crippen MR) is 140 cm³/mol. The zero-order chi connectivity index (χ0) is 21.1. The lowest BCUT2D eigenvalue weighted by atomic mass is 9.96. The third kappa shape index (κ3) is 2.63. The van der Waals surface area contributed by atoms with Crippen molar-refractivity contribution in [3.63, 3.8) is 0 Å². The van der Waals surface area contributed by atoms with Crippen LogP contribution in [-0.4, -0.2) is 4.57 Å². The molecule has 0 spiro atoms. The molecule has 152 valence electrons. The SMILES string of the molecule is C1=CC(c2ccccc2)=CC(n2c3ccccc3c3cc4c(cc32)sc2ccccc24)C1. The van der Waals surface area contributed by atoms with Gasteiger partial charge in [-0.05, 0) is 41.8 Å². The molecule has 2 heteroatoms. The van der Waals surface area contributed by atoms with Crippen LogP contribution in [0.4, 0.5) is 0 Å². The fourth-order valence-electron chi connectivity index (χ4n) is 5.24. The van der Waals surface area contributed by atoms with Crippen molar-refractivity contribution >= 4 is 58.9 Å². The van der Waals surface area contributed by atoms with Crippen LogP contribution in [0.15, 0.2) is 109 Å². The number of para-hydroxylation sites is 1. The Kier molecular flexibility index (Phi) is 3.91. The molecule has 0 aliphatic heterocycles. The number of benzene rings is 4. The predicted octanol–water partition coefficient (Wildman–Crippen LogP) is 8.75. The van der Waals surface area contributed by atoms with Gasteiger partial charge in [0, 0.05) is 36.5 Å². The summed E-state index contributed by atoms with van der Waals surface area (Å²) in [6, 6.07) is 33.5. The highest BCUT2D eigenvalue weighted by Crippen LogP contribution is 2.42. The van der Waals surface area contributed by atoms with Crippen LogP contribution in [0, 0.1) is 0 Å². The van der Waals surface area contributed by atoms with Gasteiger partial charge in [0.1, 0.15) is 0 Å². The maximum Gasteiger partial charge on any atom is 0.0566 e. The minimum atomic E-state index is 0.296. The van der Waals surface area contributed by atoms with Gasteiger partial charge < -0.3 is 4.57 Å². The molecule has 0 saturated heterocycles. The Balaban J connectivity index is 1.52. The fourth-order valence-corrected chi connectivity index (χ4v) is 6.36. The monoisotopic (exact) mass is 427 g/mol. The largest absolute Gasteiger partial charge is 0.333 e. The van der Waals surface area contributed by atoms with E-state index in [1.807, 2.05) is 11.3 Å². The Morgan fingerprint density at radius 2 is 1.44 bits per heavy atom. The summed E-state index contributed by atoms with van der Waals surface area (Å²) in [6.45, 7) is 0. The number of fused-ring (bicyclic) bond motifs is 6. The van der Waals surface area contributed by atoms with Gasteiger partial charge in [-0.15, -0.1) is 11.3 Å².